The fourth-order valence-electron chi connectivity index (χ4n) is 4.26. The molecular weight excluding hydrogens is 416 g/mol. The maximum Gasteiger partial charge on any atom is 0.321 e. The highest BCUT2D eigenvalue weighted by molar-refractivity contribution is 5.94. The first-order chi connectivity index (χ1) is 16.2. The maximum atomic E-state index is 12.6. The number of amides is 3. The minimum Gasteiger partial charge on any atom is -0.489 e. The van der Waals surface area contributed by atoms with Crippen molar-refractivity contribution in [1.82, 2.24) is 14.8 Å². The molecule has 0 saturated carbocycles. The number of carbonyl (C=O) groups is 2. The Hall–Kier alpha value is -3.87. The lowest BCUT2D eigenvalue weighted by molar-refractivity contribution is 0.0772. The van der Waals surface area contributed by atoms with Crippen molar-refractivity contribution in [2.24, 2.45) is 0 Å². The number of aromatic nitrogens is 1. The van der Waals surface area contributed by atoms with Gasteiger partial charge in [0.1, 0.15) is 11.9 Å². The summed E-state index contributed by atoms with van der Waals surface area (Å²) in [7, 11) is 0. The summed E-state index contributed by atoms with van der Waals surface area (Å²) in [6.07, 6.45) is 4.38. The highest BCUT2D eigenvalue weighted by atomic mass is 16.5. The fraction of sp³-hybridized carbons (Fsp3) is 0.269. The van der Waals surface area contributed by atoms with Gasteiger partial charge in [-0.05, 0) is 48.0 Å². The lowest BCUT2D eigenvalue weighted by Gasteiger charge is -2.39. The number of nitrogens with zero attached hydrogens (tertiary/aromatic N) is 3. The zero-order valence-corrected chi connectivity index (χ0v) is 18.3. The van der Waals surface area contributed by atoms with Gasteiger partial charge in [0.05, 0.1) is 6.54 Å². The molecule has 0 radical (unpaired) electrons. The van der Waals surface area contributed by atoms with Crippen LogP contribution in [0.15, 0.2) is 79.1 Å². The zero-order valence-electron chi connectivity index (χ0n) is 18.3. The smallest absolute Gasteiger partial charge is 0.321 e. The number of rotatable bonds is 5. The maximum absolute atomic E-state index is 12.6. The minimum absolute atomic E-state index is 0.0383. The predicted molar refractivity (Wildman–Crippen MR) is 125 cm³/mol. The van der Waals surface area contributed by atoms with Gasteiger partial charge in [-0.25, -0.2) is 4.79 Å². The second kappa shape index (κ2) is 9.32. The van der Waals surface area contributed by atoms with Gasteiger partial charge in [0, 0.05) is 55.6 Å². The molecule has 2 aromatic carbocycles. The summed E-state index contributed by atoms with van der Waals surface area (Å²) in [5.41, 5.74) is 2.59. The second-order valence-corrected chi connectivity index (χ2v) is 8.49. The Morgan fingerprint density at radius 2 is 1.70 bits per heavy atom. The van der Waals surface area contributed by atoms with Crippen molar-refractivity contribution >= 4 is 17.6 Å². The van der Waals surface area contributed by atoms with Gasteiger partial charge >= 0.3 is 6.03 Å². The first-order valence-corrected chi connectivity index (χ1v) is 11.2. The molecule has 33 heavy (non-hydrogen) atoms. The van der Waals surface area contributed by atoms with Gasteiger partial charge in [0.15, 0.2) is 0 Å². The molecule has 3 amide bonds. The predicted octanol–water partition coefficient (Wildman–Crippen LogP) is 4.01. The lowest BCUT2D eigenvalue weighted by atomic mass is 9.93. The molecule has 168 valence electrons. The molecule has 2 fully saturated rings. The molecule has 3 aromatic rings. The molecule has 1 N–H and O–H groups in total. The molecule has 0 bridgehead atoms. The Bertz CT molecular complexity index is 1100. The number of hydrogen-bond acceptors (Lipinski definition) is 4. The monoisotopic (exact) mass is 442 g/mol. The summed E-state index contributed by atoms with van der Waals surface area (Å²) < 4.78 is 6.07. The molecule has 2 aliphatic heterocycles. The number of hydrogen-bond donors (Lipinski definition) is 1. The summed E-state index contributed by atoms with van der Waals surface area (Å²) in [5.74, 6) is 1.11. The van der Waals surface area contributed by atoms with E-state index in [1.807, 2.05) is 77.8 Å². The highest BCUT2D eigenvalue weighted by Gasteiger charge is 2.32. The van der Waals surface area contributed by atoms with Crippen LogP contribution in [-0.4, -0.2) is 59.0 Å². The number of urea groups is 1. The van der Waals surface area contributed by atoms with Gasteiger partial charge in [0.25, 0.3) is 5.91 Å². The standard InChI is InChI=1S/C26H26N4O3/c31-25(19-5-2-1-3-6-19)29-14-12-24(18-29)33-23-10-8-22(9-11-23)28-26(32)30-16-21(17-30)20-7-4-13-27-15-20/h1-11,13,15,21,24H,12,14,16-18H2,(H,28,32)/t24-/m1/s1. The lowest BCUT2D eigenvalue weighted by Crippen LogP contribution is -2.50. The molecule has 1 atom stereocenters. The van der Waals surface area contributed by atoms with Crippen LogP contribution in [0.4, 0.5) is 10.5 Å². The van der Waals surface area contributed by atoms with Crippen molar-refractivity contribution in [2.45, 2.75) is 18.4 Å². The third-order valence-electron chi connectivity index (χ3n) is 6.19. The average Bonchev–Trinajstić information content (AvgIpc) is 3.29. The van der Waals surface area contributed by atoms with Gasteiger partial charge < -0.3 is 19.9 Å². The van der Waals surface area contributed by atoms with E-state index < -0.39 is 0 Å². The molecule has 3 heterocycles. The summed E-state index contributed by atoms with van der Waals surface area (Å²) in [6, 6.07) is 20.6. The quantitative estimate of drug-likeness (QED) is 0.648. The normalized spacial score (nSPS) is 18.0. The third kappa shape index (κ3) is 4.82. The van der Waals surface area contributed by atoms with Crippen molar-refractivity contribution < 1.29 is 14.3 Å². The van der Waals surface area contributed by atoms with Crippen LogP contribution in [0.3, 0.4) is 0 Å². The third-order valence-corrected chi connectivity index (χ3v) is 6.19. The minimum atomic E-state index is -0.102. The van der Waals surface area contributed by atoms with Crippen molar-refractivity contribution in [3.63, 3.8) is 0 Å². The molecule has 2 saturated heterocycles. The SMILES string of the molecule is O=C(Nc1ccc(O[C@@H]2CCN(C(=O)c3ccccc3)C2)cc1)N1CC(c2cccnc2)C1. The van der Waals surface area contributed by atoms with Crippen molar-refractivity contribution in [2.75, 3.05) is 31.5 Å². The largest absolute Gasteiger partial charge is 0.489 e. The van der Waals surface area contributed by atoms with Crippen LogP contribution in [0.25, 0.3) is 0 Å². The Balaban J connectivity index is 1.09. The summed E-state index contributed by atoms with van der Waals surface area (Å²) in [5, 5.41) is 2.94. The van der Waals surface area contributed by atoms with E-state index in [9.17, 15) is 9.59 Å². The fourth-order valence-corrected chi connectivity index (χ4v) is 4.26. The zero-order chi connectivity index (χ0) is 22.6. The highest BCUT2D eigenvalue weighted by Crippen LogP contribution is 2.27. The van der Waals surface area contributed by atoms with E-state index in [0.717, 1.165) is 17.9 Å². The Kier molecular flexibility index (Phi) is 5.93. The molecule has 7 heteroatoms. The molecule has 2 aliphatic rings. The molecule has 0 unspecified atom stereocenters. The molecule has 1 aromatic heterocycles. The Morgan fingerprint density at radius 1 is 0.909 bits per heavy atom. The van der Waals surface area contributed by atoms with E-state index in [0.29, 0.717) is 37.7 Å². The van der Waals surface area contributed by atoms with Crippen LogP contribution < -0.4 is 10.1 Å². The number of anilines is 1. The van der Waals surface area contributed by atoms with Crippen LogP contribution in [-0.2, 0) is 0 Å². The first kappa shape index (κ1) is 21.0. The van der Waals surface area contributed by atoms with Gasteiger partial charge in [0.2, 0.25) is 0 Å². The van der Waals surface area contributed by atoms with Gasteiger partial charge in [-0.15, -0.1) is 0 Å². The Labute approximate surface area is 193 Å². The summed E-state index contributed by atoms with van der Waals surface area (Å²) >= 11 is 0. The van der Waals surface area contributed by atoms with Gasteiger partial charge in [-0.3, -0.25) is 9.78 Å². The van der Waals surface area contributed by atoms with Crippen LogP contribution >= 0.6 is 0 Å². The topological polar surface area (TPSA) is 74.8 Å². The first-order valence-electron chi connectivity index (χ1n) is 11.2. The molecular formula is C26H26N4O3. The van der Waals surface area contributed by atoms with E-state index in [1.54, 1.807) is 11.1 Å². The van der Waals surface area contributed by atoms with Crippen molar-refractivity contribution in [1.29, 1.82) is 0 Å². The van der Waals surface area contributed by atoms with Crippen molar-refractivity contribution in [3.8, 4) is 5.75 Å². The van der Waals surface area contributed by atoms with E-state index >= 15 is 0 Å². The van der Waals surface area contributed by atoms with Crippen LogP contribution in [0, 0.1) is 0 Å². The molecule has 5 rings (SSSR count). The Morgan fingerprint density at radius 3 is 2.42 bits per heavy atom. The second-order valence-electron chi connectivity index (χ2n) is 8.49. The van der Waals surface area contributed by atoms with Crippen LogP contribution in [0.2, 0.25) is 0 Å². The number of pyridine rings is 1. The number of nitrogens with one attached hydrogen (secondary N) is 1. The van der Waals surface area contributed by atoms with E-state index in [-0.39, 0.29) is 18.0 Å². The molecule has 0 aliphatic carbocycles. The van der Waals surface area contributed by atoms with Crippen molar-refractivity contribution in [3.05, 3.63) is 90.3 Å². The van der Waals surface area contributed by atoms with E-state index in [4.69, 9.17) is 4.74 Å². The van der Waals surface area contributed by atoms with E-state index in [2.05, 4.69) is 10.3 Å². The average molecular weight is 443 g/mol. The number of benzene rings is 2. The van der Waals surface area contributed by atoms with Gasteiger partial charge in [-0.1, -0.05) is 24.3 Å². The van der Waals surface area contributed by atoms with Crippen LogP contribution in [0.1, 0.15) is 28.3 Å². The van der Waals surface area contributed by atoms with Crippen LogP contribution in [0.5, 0.6) is 5.75 Å². The summed E-state index contributed by atoms with van der Waals surface area (Å²) in [4.78, 5) is 32.9. The molecule has 0 spiro atoms. The van der Waals surface area contributed by atoms with E-state index in [1.165, 1.54) is 5.56 Å². The number of ether oxygens (including phenoxy) is 1. The number of likely N-dealkylation sites (tertiary alicyclic amines) is 2. The summed E-state index contributed by atoms with van der Waals surface area (Å²) in [6.45, 7) is 2.64. The van der Waals surface area contributed by atoms with Gasteiger partial charge in [-0.2, -0.15) is 0 Å². The number of carbonyl (C=O) groups excluding carboxylic acids is 2. The molecule has 7 nitrogen and oxygen atoms in total.